The maximum Gasteiger partial charge on any atom is 0.175 e. The van der Waals surface area contributed by atoms with E-state index in [1.807, 2.05) is 13.0 Å². The first-order valence-corrected chi connectivity index (χ1v) is 16.5. The van der Waals surface area contributed by atoms with Gasteiger partial charge in [-0.05, 0) is 97.6 Å². The number of pyridine rings is 1. The first-order valence-electron chi connectivity index (χ1n) is 14.2. The van der Waals surface area contributed by atoms with Crippen LogP contribution in [0.15, 0.2) is 35.4 Å². The van der Waals surface area contributed by atoms with Crippen molar-refractivity contribution in [1.82, 2.24) is 4.98 Å². The van der Waals surface area contributed by atoms with E-state index in [-0.39, 0.29) is 0 Å². The van der Waals surface area contributed by atoms with Crippen LogP contribution >= 0.6 is 11.6 Å². The van der Waals surface area contributed by atoms with Crippen LogP contribution in [0.5, 0.6) is 5.75 Å². The van der Waals surface area contributed by atoms with Crippen LogP contribution in [0.3, 0.4) is 0 Å². The zero-order valence-corrected chi connectivity index (χ0v) is 25.2. The molecule has 1 aliphatic carbocycles. The Labute approximate surface area is 230 Å². The summed E-state index contributed by atoms with van der Waals surface area (Å²) in [7, 11) is -3.20. The van der Waals surface area contributed by atoms with Gasteiger partial charge in [0.25, 0.3) is 0 Å². The highest BCUT2D eigenvalue weighted by atomic mass is 35.5. The van der Waals surface area contributed by atoms with E-state index in [4.69, 9.17) is 21.3 Å². The number of hydrogen-bond acceptors (Lipinski definition) is 4. The number of sulfone groups is 1. The monoisotopic (exact) mass is 547 g/mol. The lowest BCUT2D eigenvalue weighted by molar-refractivity contribution is 0.279. The zero-order valence-electron chi connectivity index (χ0n) is 23.6. The van der Waals surface area contributed by atoms with Crippen molar-refractivity contribution in [3.63, 3.8) is 0 Å². The average Bonchev–Trinajstić information content (AvgIpc) is 3.64. The van der Waals surface area contributed by atoms with Gasteiger partial charge in [0.05, 0.1) is 16.5 Å². The second-order valence-corrected chi connectivity index (χ2v) is 13.6. The van der Waals surface area contributed by atoms with Gasteiger partial charge in [0, 0.05) is 24.1 Å². The van der Waals surface area contributed by atoms with Gasteiger partial charge in [0.1, 0.15) is 5.75 Å². The maximum atomic E-state index is 11.9. The largest absolute Gasteiger partial charge is 0.493 e. The highest BCUT2D eigenvalue weighted by Crippen LogP contribution is 2.50. The van der Waals surface area contributed by atoms with Crippen LogP contribution < -0.4 is 4.74 Å². The number of ether oxygens (including phenoxy) is 1. The van der Waals surface area contributed by atoms with Crippen LogP contribution in [0.4, 0.5) is 0 Å². The van der Waals surface area contributed by atoms with E-state index in [0.29, 0.717) is 23.3 Å². The Morgan fingerprint density at radius 1 is 1.05 bits per heavy atom. The molecule has 0 amide bonds. The number of rotatable bonds is 15. The third kappa shape index (κ3) is 8.20. The Hall–Kier alpha value is -1.59. The molecule has 5 unspecified atom stereocenters. The minimum Gasteiger partial charge on any atom is -0.493 e. The normalized spacial score (nSPS) is 19.9. The third-order valence-electron chi connectivity index (χ3n) is 8.46. The van der Waals surface area contributed by atoms with Gasteiger partial charge in [-0.1, -0.05) is 59.1 Å². The topological polar surface area (TPSA) is 56.3 Å². The fourth-order valence-electron chi connectivity index (χ4n) is 5.83. The molecular weight excluding hydrogens is 502 g/mol. The summed E-state index contributed by atoms with van der Waals surface area (Å²) < 4.78 is 29.9. The van der Waals surface area contributed by atoms with Crippen LogP contribution in [0, 0.1) is 23.7 Å². The molecule has 0 saturated heterocycles. The summed E-state index contributed by atoms with van der Waals surface area (Å²) >= 11 is 6.19. The smallest absolute Gasteiger partial charge is 0.175 e. The molecule has 0 bridgehead atoms. The van der Waals surface area contributed by atoms with Crippen molar-refractivity contribution < 1.29 is 13.2 Å². The van der Waals surface area contributed by atoms with Crippen molar-refractivity contribution >= 4 is 21.4 Å². The van der Waals surface area contributed by atoms with Gasteiger partial charge in [0.15, 0.2) is 9.84 Å². The SMILES string of the molecule is CCCC(CCC(C)C(C)c1ncc(Cl)cc1CC)C1CC1CCOc1ccc(S(C)(=O)=O)cc1CC. The van der Waals surface area contributed by atoms with Crippen molar-refractivity contribution in [2.45, 2.75) is 96.8 Å². The van der Waals surface area contributed by atoms with Gasteiger partial charge >= 0.3 is 0 Å². The molecule has 1 aliphatic rings. The van der Waals surface area contributed by atoms with Gasteiger partial charge in [-0.25, -0.2) is 8.42 Å². The quantitative estimate of drug-likeness (QED) is 0.225. The number of benzene rings is 1. The highest BCUT2D eigenvalue weighted by Gasteiger charge is 2.41. The Morgan fingerprint density at radius 3 is 2.43 bits per heavy atom. The lowest BCUT2D eigenvalue weighted by atomic mass is 9.82. The summed E-state index contributed by atoms with van der Waals surface area (Å²) in [6, 6.07) is 7.31. The third-order valence-corrected chi connectivity index (χ3v) is 9.77. The van der Waals surface area contributed by atoms with Crippen molar-refractivity contribution in [2.24, 2.45) is 23.7 Å². The number of hydrogen-bond donors (Lipinski definition) is 0. The first kappa shape index (κ1) is 30.0. The van der Waals surface area contributed by atoms with Gasteiger partial charge in [0.2, 0.25) is 0 Å². The molecule has 3 rings (SSSR count). The molecule has 0 spiro atoms. The molecule has 6 heteroatoms. The van der Waals surface area contributed by atoms with Crippen LogP contribution in [-0.2, 0) is 22.7 Å². The van der Waals surface area contributed by atoms with Crippen molar-refractivity contribution in [3.8, 4) is 5.75 Å². The molecule has 0 aliphatic heterocycles. The number of halogens is 1. The standard InChI is InChI=1S/C31H46ClNO3S/c1-7-10-25(12-11-21(4)22(5)31-24(9-3)17-27(32)20-33-31)29-19-26(29)15-16-36-30-14-13-28(37(6,34)35)18-23(30)8-2/h13-14,17-18,20-22,25-26,29H,7-12,15-16,19H2,1-6H3. The van der Waals surface area contributed by atoms with Crippen LogP contribution in [0.1, 0.15) is 95.9 Å². The molecule has 0 N–H and O–H groups in total. The van der Waals surface area contributed by atoms with Crippen molar-refractivity contribution in [3.05, 3.63) is 52.3 Å². The Kier molecular flexibility index (Phi) is 10.9. The van der Waals surface area contributed by atoms with E-state index >= 15 is 0 Å². The van der Waals surface area contributed by atoms with E-state index in [2.05, 4.69) is 33.8 Å². The second-order valence-electron chi connectivity index (χ2n) is 11.1. The number of aromatic nitrogens is 1. The summed E-state index contributed by atoms with van der Waals surface area (Å²) in [6.45, 7) is 11.9. The van der Waals surface area contributed by atoms with E-state index in [1.54, 1.807) is 18.3 Å². The fourth-order valence-corrected chi connectivity index (χ4v) is 6.68. The molecule has 37 heavy (non-hydrogen) atoms. The molecule has 1 aromatic carbocycles. The van der Waals surface area contributed by atoms with E-state index < -0.39 is 9.84 Å². The maximum absolute atomic E-state index is 11.9. The Morgan fingerprint density at radius 2 is 1.78 bits per heavy atom. The van der Waals surface area contributed by atoms with Crippen LogP contribution in [0.2, 0.25) is 5.02 Å². The minimum absolute atomic E-state index is 0.364. The summed E-state index contributed by atoms with van der Waals surface area (Å²) in [5, 5.41) is 0.726. The number of nitrogens with zero attached hydrogens (tertiary/aromatic N) is 1. The molecule has 1 fully saturated rings. The highest BCUT2D eigenvalue weighted by molar-refractivity contribution is 7.90. The molecule has 1 saturated carbocycles. The molecule has 2 aromatic rings. The first-order chi connectivity index (χ1) is 17.6. The lowest BCUT2D eigenvalue weighted by Crippen LogP contribution is -2.14. The Balaban J connectivity index is 1.50. The summed E-state index contributed by atoms with van der Waals surface area (Å²) in [5.41, 5.74) is 3.45. The zero-order chi connectivity index (χ0) is 27.2. The fraction of sp³-hybridized carbons (Fsp3) is 0.645. The van der Waals surface area contributed by atoms with Crippen molar-refractivity contribution in [1.29, 1.82) is 0 Å². The predicted molar refractivity (Wildman–Crippen MR) is 154 cm³/mol. The molecule has 1 aromatic heterocycles. The molecule has 1 heterocycles. The van der Waals surface area contributed by atoms with Gasteiger partial charge in [-0.2, -0.15) is 0 Å². The van der Waals surface area contributed by atoms with Gasteiger partial charge in [-0.15, -0.1) is 0 Å². The van der Waals surface area contributed by atoms with E-state index in [9.17, 15) is 8.42 Å². The average molecular weight is 548 g/mol. The lowest BCUT2D eigenvalue weighted by Gasteiger charge is -2.24. The van der Waals surface area contributed by atoms with Crippen molar-refractivity contribution in [2.75, 3.05) is 12.9 Å². The van der Waals surface area contributed by atoms with Crippen LogP contribution in [-0.4, -0.2) is 26.3 Å². The summed E-state index contributed by atoms with van der Waals surface area (Å²) in [4.78, 5) is 5.07. The Bertz CT molecular complexity index is 1130. The van der Waals surface area contributed by atoms with Gasteiger partial charge < -0.3 is 4.74 Å². The number of aryl methyl sites for hydroxylation is 2. The molecule has 4 nitrogen and oxygen atoms in total. The predicted octanol–water partition coefficient (Wildman–Crippen LogP) is 8.30. The molecule has 206 valence electrons. The summed E-state index contributed by atoms with van der Waals surface area (Å²) in [6.07, 6.45) is 12.2. The van der Waals surface area contributed by atoms with E-state index in [0.717, 1.165) is 53.4 Å². The minimum atomic E-state index is -3.20. The molecular formula is C31H46ClNO3S. The van der Waals surface area contributed by atoms with Gasteiger partial charge in [-0.3, -0.25) is 4.98 Å². The second kappa shape index (κ2) is 13.5. The van der Waals surface area contributed by atoms with E-state index in [1.165, 1.54) is 49.6 Å². The molecule has 5 atom stereocenters. The molecule has 0 radical (unpaired) electrons. The summed E-state index contributed by atoms with van der Waals surface area (Å²) in [5.74, 6) is 4.18. The van der Waals surface area contributed by atoms with Crippen LogP contribution in [0.25, 0.3) is 0 Å².